The molecule has 0 bridgehead atoms. The van der Waals surface area contributed by atoms with Gasteiger partial charge in [-0.1, -0.05) is 30.5 Å². The van der Waals surface area contributed by atoms with Gasteiger partial charge >= 0.3 is 12.0 Å². The Labute approximate surface area is 126 Å². The standard InChI is InChI=1S/C16H24N2O3/c1-13-8-10-14(11-9-13)18(2)16(21)17-12-6-4-3-5-7-15(19)20/h8-11H,3-7,12H2,1-2H3,(H,17,21)(H,19,20). The average molecular weight is 292 g/mol. The summed E-state index contributed by atoms with van der Waals surface area (Å²) < 4.78 is 0. The smallest absolute Gasteiger partial charge is 0.321 e. The number of carboxylic acids is 1. The lowest BCUT2D eigenvalue weighted by atomic mass is 10.1. The fourth-order valence-corrected chi connectivity index (χ4v) is 1.95. The van der Waals surface area contributed by atoms with E-state index in [0.29, 0.717) is 13.0 Å². The first-order chi connectivity index (χ1) is 10.0. The van der Waals surface area contributed by atoms with E-state index in [1.807, 2.05) is 31.2 Å². The van der Waals surface area contributed by atoms with E-state index >= 15 is 0 Å². The maximum Gasteiger partial charge on any atom is 0.321 e. The van der Waals surface area contributed by atoms with Crippen LogP contribution in [0.4, 0.5) is 10.5 Å². The molecule has 0 heterocycles. The maximum absolute atomic E-state index is 11.9. The van der Waals surface area contributed by atoms with Crippen LogP contribution < -0.4 is 10.2 Å². The number of carbonyl (C=O) groups excluding carboxylic acids is 1. The number of amides is 2. The summed E-state index contributed by atoms with van der Waals surface area (Å²) in [7, 11) is 1.74. The Morgan fingerprint density at radius 2 is 1.71 bits per heavy atom. The number of urea groups is 1. The first kappa shape index (κ1) is 17.0. The fraction of sp³-hybridized carbons (Fsp3) is 0.500. The molecule has 0 fully saturated rings. The molecule has 0 atom stereocenters. The molecule has 1 aromatic rings. The van der Waals surface area contributed by atoms with E-state index in [4.69, 9.17) is 5.11 Å². The number of anilines is 1. The van der Waals surface area contributed by atoms with Gasteiger partial charge < -0.3 is 10.4 Å². The maximum atomic E-state index is 11.9. The molecule has 0 aliphatic heterocycles. The van der Waals surface area contributed by atoms with Crippen molar-refractivity contribution in [2.45, 2.75) is 39.0 Å². The molecule has 0 aromatic heterocycles. The molecular weight excluding hydrogens is 268 g/mol. The Bertz CT molecular complexity index is 457. The summed E-state index contributed by atoms with van der Waals surface area (Å²) >= 11 is 0. The van der Waals surface area contributed by atoms with Crippen LogP contribution in [0.15, 0.2) is 24.3 Å². The van der Waals surface area contributed by atoms with E-state index < -0.39 is 5.97 Å². The Morgan fingerprint density at radius 3 is 2.33 bits per heavy atom. The molecule has 0 aliphatic rings. The molecule has 1 rings (SSSR count). The Balaban J connectivity index is 2.18. The number of benzene rings is 1. The summed E-state index contributed by atoms with van der Waals surface area (Å²) in [6.07, 6.45) is 3.61. The topological polar surface area (TPSA) is 69.6 Å². The largest absolute Gasteiger partial charge is 0.481 e. The number of carboxylic acid groups (broad SMARTS) is 1. The van der Waals surface area contributed by atoms with Crippen molar-refractivity contribution >= 4 is 17.7 Å². The Kier molecular flexibility index (Phi) is 7.29. The highest BCUT2D eigenvalue weighted by Gasteiger charge is 2.09. The van der Waals surface area contributed by atoms with Crippen molar-refractivity contribution in [3.05, 3.63) is 29.8 Å². The number of hydrogen-bond donors (Lipinski definition) is 2. The first-order valence-electron chi connectivity index (χ1n) is 7.30. The number of hydrogen-bond acceptors (Lipinski definition) is 2. The molecule has 2 N–H and O–H groups in total. The van der Waals surface area contributed by atoms with Crippen molar-refractivity contribution < 1.29 is 14.7 Å². The van der Waals surface area contributed by atoms with Crippen molar-refractivity contribution in [2.75, 3.05) is 18.5 Å². The van der Waals surface area contributed by atoms with Crippen LogP contribution in [0.5, 0.6) is 0 Å². The van der Waals surface area contributed by atoms with E-state index in [9.17, 15) is 9.59 Å². The van der Waals surface area contributed by atoms with Crippen LogP contribution in [0.3, 0.4) is 0 Å². The van der Waals surface area contributed by atoms with Crippen LogP contribution in [0.1, 0.15) is 37.7 Å². The van der Waals surface area contributed by atoms with Crippen molar-refractivity contribution in [1.29, 1.82) is 0 Å². The zero-order chi connectivity index (χ0) is 15.7. The van der Waals surface area contributed by atoms with Gasteiger partial charge in [0.2, 0.25) is 0 Å². The molecule has 0 radical (unpaired) electrons. The lowest BCUT2D eigenvalue weighted by Crippen LogP contribution is -2.37. The molecule has 0 spiro atoms. The van der Waals surface area contributed by atoms with Gasteiger partial charge in [-0.2, -0.15) is 0 Å². The van der Waals surface area contributed by atoms with E-state index in [1.54, 1.807) is 11.9 Å². The predicted octanol–water partition coefficient (Wildman–Crippen LogP) is 3.18. The Hall–Kier alpha value is -2.04. The first-order valence-corrected chi connectivity index (χ1v) is 7.30. The minimum Gasteiger partial charge on any atom is -0.481 e. The Morgan fingerprint density at radius 1 is 1.10 bits per heavy atom. The highest BCUT2D eigenvalue weighted by molar-refractivity contribution is 5.91. The molecule has 5 heteroatoms. The second kappa shape index (κ2) is 9.00. The SMILES string of the molecule is Cc1ccc(N(C)C(=O)NCCCCCCC(=O)O)cc1. The van der Waals surface area contributed by atoms with Gasteiger partial charge in [-0.05, 0) is 31.9 Å². The molecule has 2 amide bonds. The molecule has 5 nitrogen and oxygen atoms in total. The number of nitrogens with one attached hydrogen (secondary N) is 1. The monoisotopic (exact) mass is 292 g/mol. The molecule has 21 heavy (non-hydrogen) atoms. The average Bonchev–Trinajstić information content (AvgIpc) is 2.45. The van der Waals surface area contributed by atoms with E-state index in [1.165, 1.54) is 0 Å². The van der Waals surface area contributed by atoms with Gasteiger partial charge in [-0.25, -0.2) is 4.79 Å². The number of unbranched alkanes of at least 4 members (excludes halogenated alkanes) is 3. The summed E-state index contributed by atoms with van der Waals surface area (Å²) in [5.41, 5.74) is 2.02. The highest BCUT2D eigenvalue weighted by atomic mass is 16.4. The quantitative estimate of drug-likeness (QED) is 0.723. The van der Waals surface area contributed by atoms with Crippen molar-refractivity contribution in [2.24, 2.45) is 0 Å². The lowest BCUT2D eigenvalue weighted by molar-refractivity contribution is -0.137. The molecule has 1 aromatic carbocycles. The third-order valence-corrected chi connectivity index (χ3v) is 3.32. The van der Waals surface area contributed by atoms with Crippen LogP contribution in [-0.2, 0) is 4.79 Å². The molecule has 0 aliphatic carbocycles. The van der Waals surface area contributed by atoms with Crippen LogP contribution in [0, 0.1) is 6.92 Å². The van der Waals surface area contributed by atoms with E-state index in [-0.39, 0.29) is 12.5 Å². The number of aryl methyl sites for hydroxylation is 1. The third kappa shape index (κ3) is 6.79. The lowest BCUT2D eigenvalue weighted by Gasteiger charge is -2.18. The predicted molar refractivity (Wildman–Crippen MR) is 83.7 cm³/mol. The van der Waals surface area contributed by atoms with E-state index in [2.05, 4.69) is 5.32 Å². The van der Waals surface area contributed by atoms with Gasteiger partial charge in [0.1, 0.15) is 0 Å². The molecule has 116 valence electrons. The van der Waals surface area contributed by atoms with Crippen molar-refractivity contribution in [1.82, 2.24) is 5.32 Å². The fourth-order valence-electron chi connectivity index (χ4n) is 1.95. The van der Waals surface area contributed by atoms with E-state index in [0.717, 1.165) is 30.5 Å². The molecular formula is C16H24N2O3. The normalized spacial score (nSPS) is 10.2. The summed E-state index contributed by atoms with van der Waals surface area (Å²) in [4.78, 5) is 23.9. The van der Waals surface area contributed by atoms with Gasteiger partial charge in [0.05, 0.1) is 0 Å². The summed E-state index contributed by atoms with van der Waals surface area (Å²) in [5, 5.41) is 11.4. The van der Waals surface area contributed by atoms with Crippen LogP contribution in [-0.4, -0.2) is 30.7 Å². The van der Waals surface area contributed by atoms with Crippen LogP contribution in [0.25, 0.3) is 0 Å². The minimum absolute atomic E-state index is 0.121. The summed E-state index contributed by atoms with van der Waals surface area (Å²) in [6, 6.07) is 7.66. The van der Waals surface area contributed by atoms with Crippen LogP contribution >= 0.6 is 0 Å². The highest BCUT2D eigenvalue weighted by Crippen LogP contribution is 2.13. The van der Waals surface area contributed by atoms with Gasteiger partial charge in [0, 0.05) is 25.7 Å². The molecule has 0 unspecified atom stereocenters. The zero-order valence-corrected chi connectivity index (χ0v) is 12.8. The van der Waals surface area contributed by atoms with Gasteiger partial charge in [-0.15, -0.1) is 0 Å². The second-order valence-electron chi connectivity index (χ2n) is 5.18. The number of nitrogens with zero attached hydrogens (tertiary/aromatic N) is 1. The summed E-state index contributed by atoms with van der Waals surface area (Å²) in [5.74, 6) is -0.747. The molecule has 0 saturated heterocycles. The third-order valence-electron chi connectivity index (χ3n) is 3.32. The second-order valence-corrected chi connectivity index (χ2v) is 5.18. The minimum atomic E-state index is -0.747. The van der Waals surface area contributed by atoms with Gasteiger partial charge in [0.25, 0.3) is 0 Å². The van der Waals surface area contributed by atoms with Crippen molar-refractivity contribution in [3.63, 3.8) is 0 Å². The van der Waals surface area contributed by atoms with Gasteiger partial charge in [-0.3, -0.25) is 9.69 Å². The van der Waals surface area contributed by atoms with Crippen LogP contribution in [0.2, 0.25) is 0 Å². The van der Waals surface area contributed by atoms with Gasteiger partial charge in [0.15, 0.2) is 0 Å². The number of rotatable bonds is 8. The number of carbonyl (C=O) groups is 2. The summed E-state index contributed by atoms with van der Waals surface area (Å²) in [6.45, 7) is 2.62. The van der Waals surface area contributed by atoms with Crippen molar-refractivity contribution in [3.8, 4) is 0 Å². The molecule has 0 saturated carbocycles. The zero-order valence-electron chi connectivity index (χ0n) is 12.8. The number of aliphatic carboxylic acids is 1.